The maximum Gasteiger partial charge on any atom is 0.434 e. The van der Waals surface area contributed by atoms with Crippen LogP contribution in [0.2, 0.25) is 0 Å². The van der Waals surface area contributed by atoms with Crippen LogP contribution in [0.15, 0.2) is 42.6 Å². The van der Waals surface area contributed by atoms with Gasteiger partial charge in [-0.1, -0.05) is 6.92 Å². The summed E-state index contributed by atoms with van der Waals surface area (Å²) in [7, 11) is 1.19. The third-order valence-corrected chi connectivity index (χ3v) is 8.00. The molecule has 2 aliphatic rings. The molecule has 2 amide bonds. The van der Waals surface area contributed by atoms with E-state index < -0.39 is 41.5 Å². The lowest BCUT2D eigenvalue weighted by atomic mass is 10.0. The Morgan fingerprint density at radius 3 is 2.57 bits per heavy atom. The zero-order valence-electron chi connectivity index (χ0n) is 25.6. The van der Waals surface area contributed by atoms with Crippen molar-refractivity contribution in [1.29, 1.82) is 0 Å². The largest absolute Gasteiger partial charge is 0.481 e. The van der Waals surface area contributed by atoms with E-state index in [1.807, 2.05) is 18.7 Å². The van der Waals surface area contributed by atoms with Crippen LogP contribution in [0.25, 0.3) is 11.3 Å². The van der Waals surface area contributed by atoms with E-state index >= 15 is 0 Å². The summed E-state index contributed by atoms with van der Waals surface area (Å²) < 4.78 is 66.5. The lowest BCUT2D eigenvalue weighted by Gasteiger charge is -2.43. The van der Waals surface area contributed by atoms with Crippen LogP contribution in [0.3, 0.4) is 0 Å². The number of ether oxygens (including phenoxy) is 2. The number of methoxy groups -OCH3 is 1. The summed E-state index contributed by atoms with van der Waals surface area (Å²) in [5, 5.41) is 5.67. The molecule has 15 heteroatoms. The number of halogens is 4. The summed E-state index contributed by atoms with van der Waals surface area (Å²) in [5.41, 5.74) is -0.423. The first-order chi connectivity index (χ1) is 22.0. The summed E-state index contributed by atoms with van der Waals surface area (Å²) >= 11 is 0. The van der Waals surface area contributed by atoms with Crippen molar-refractivity contribution in [3.05, 3.63) is 59.5 Å². The molecule has 5 heterocycles. The molecule has 11 nitrogen and oxygen atoms in total. The van der Waals surface area contributed by atoms with Crippen molar-refractivity contribution in [3.63, 3.8) is 0 Å². The van der Waals surface area contributed by atoms with Gasteiger partial charge in [-0.15, -0.1) is 0 Å². The average molecular weight is 646 g/mol. The zero-order chi connectivity index (χ0) is 33.0. The first kappa shape index (κ1) is 32.9. The Morgan fingerprint density at radius 1 is 1.09 bits per heavy atom. The van der Waals surface area contributed by atoms with Crippen LogP contribution in [0, 0.1) is 0 Å². The monoisotopic (exact) mass is 645 g/mol. The first-order valence-corrected chi connectivity index (χ1v) is 15.0. The predicted molar refractivity (Wildman–Crippen MR) is 161 cm³/mol. The highest BCUT2D eigenvalue weighted by molar-refractivity contribution is 5.99. The molecule has 2 N–H and O–H groups in total. The molecule has 2 aliphatic heterocycles. The summed E-state index contributed by atoms with van der Waals surface area (Å²) in [6.07, 6.45) is -4.07. The minimum Gasteiger partial charge on any atom is -0.481 e. The second-order valence-electron chi connectivity index (χ2n) is 10.9. The highest BCUT2D eigenvalue weighted by Crippen LogP contribution is 2.35. The summed E-state index contributed by atoms with van der Waals surface area (Å²) in [6.45, 7) is 4.79. The number of rotatable bonds is 9. The Hall–Kier alpha value is -4.53. The van der Waals surface area contributed by atoms with Crippen LogP contribution in [0.1, 0.15) is 46.8 Å². The van der Waals surface area contributed by atoms with Crippen LogP contribution < -0.4 is 25.0 Å². The normalized spacial score (nSPS) is 20.0. The van der Waals surface area contributed by atoms with E-state index in [9.17, 15) is 27.2 Å². The van der Waals surface area contributed by atoms with Gasteiger partial charge in [-0.25, -0.2) is 19.3 Å². The van der Waals surface area contributed by atoms with Crippen molar-refractivity contribution in [3.8, 4) is 23.0 Å². The maximum absolute atomic E-state index is 14.5. The van der Waals surface area contributed by atoms with Gasteiger partial charge in [-0.2, -0.15) is 13.2 Å². The van der Waals surface area contributed by atoms with Crippen LogP contribution in [0.5, 0.6) is 11.8 Å². The molecule has 2 fully saturated rings. The van der Waals surface area contributed by atoms with Gasteiger partial charge in [0.05, 0.1) is 42.3 Å². The van der Waals surface area contributed by atoms with Crippen LogP contribution >= 0.6 is 0 Å². The molecule has 5 rings (SSSR count). The number of nitrogens with one attached hydrogen (secondary N) is 2. The van der Waals surface area contributed by atoms with Crippen molar-refractivity contribution >= 4 is 17.5 Å². The topological polar surface area (TPSA) is 122 Å². The van der Waals surface area contributed by atoms with Gasteiger partial charge in [0.25, 0.3) is 11.8 Å². The molecule has 0 spiro atoms. The lowest BCUT2D eigenvalue weighted by molar-refractivity contribution is -0.141. The summed E-state index contributed by atoms with van der Waals surface area (Å²) in [5.74, 6) is -1.31. The van der Waals surface area contributed by atoms with Gasteiger partial charge >= 0.3 is 6.18 Å². The molecule has 2 saturated heterocycles. The molecule has 0 aliphatic carbocycles. The molecule has 3 aromatic rings. The quantitative estimate of drug-likeness (QED) is 0.335. The number of aromatic nitrogens is 3. The van der Waals surface area contributed by atoms with E-state index in [4.69, 9.17) is 14.5 Å². The Balaban J connectivity index is 1.47. The fourth-order valence-corrected chi connectivity index (χ4v) is 5.68. The second-order valence-corrected chi connectivity index (χ2v) is 10.9. The Morgan fingerprint density at radius 2 is 1.89 bits per heavy atom. The smallest absolute Gasteiger partial charge is 0.434 e. The molecule has 0 radical (unpaired) electrons. The fraction of sp³-hybridized carbons (Fsp3) is 0.452. The Bertz CT molecular complexity index is 1570. The number of pyridine rings is 3. The van der Waals surface area contributed by atoms with E-state index in [-0.39, 0.29) is 50.3 Å². The summed E-state index contributed by atoms with van der Waals surface area (Å²) in [6, 6.07) is 8.10. The van der Waals surface area contributed by atoms with E-state index in [0.717, 1.165) is 6.07 Å². The minimum atomic E-state index is -4.87. The maximum atomic E-state index is 14.5. The van der Waals surface area contributed by atoms with Crippen LogP contribution in [0.4, 0.5) is 23.2 Å². The van der Waals surface area contributed by atoms with Gasteiger partial charge in [0.1, 0.15) is 6.17 Å². The highest BCUT2D eigenvalue weighted by Gasteiger charge is 2.40. The number of carbonyl (C=O) groups excluding carboxylic acids is 2. The number of hydrogen-bond donors (Lipinski definition) is 2. The Kier molecular flexibility index (Phi) is 9.89. The number of carbonyl (C=O) groups is 2. The van der Waals surface area contributed by atoms with Crippen LogP contribution in [-0.2, 0) is 6.18 Å². The zero-order valence-corrected chi connectivity index (χ0v) is 25.6. The predicted octanol–water partition coefficient (Wildman–Crippen LogP) is 3.75. The first-order valence-electron chi connectivity index (χ1n) is 15.0. The van der Waals surface area contributed by atoms with Crippen molar-refractivity contribution < 1.29 is 36.6 Å². The number of hydrogen-bond acceptors (Lipinski definition) is 9. The van der Waals surface area contributed by atoms with E-state index in [1.165, 1.54) is 18.1 Å². The number of piperazine rings is 1. The molecule has 3 aromatic heterocycles. The minimum absolute atomic E-state index is 0.0415. The fourth-order valence-electron chi connectivity index (χ4n) is 5.68. The van der Waals surface area contributed by atoms with Crippen molar-refractivity contribution in [1.82, 2.24) is 30.5 Å². The number of amides is 2. The summed E-state index contributed by atoms with van der Waals surface area (Å²) in [4.78, 5) is 42.9. The van der Waals surface area contributed by atoms with Gasteiger partial charge in [0.15, 0.2) is 11.4 Å². The third kappa shape index (κ3) is 6.83. The van der Waals surface area contributed by atoms with Gasteiger partial charge < -0.3 is 29.9 Å². The van der Waals surface area contributed by atoms with Gasteiger partial charge in [0, 0.05) is 51.0 Å². The number of nitrogens with zero attached hydrogens (tertiary/aromatic N) is 5. The molecule has 0 bridgehead atoms. The van der Waals surface area contributed by atoms with Gasteiger partial charge in [-0.3, -0.25) is 9.59 Å². The second kappa shape index (κ2) is 13.8. The standard InChI is InChI=1S/C31H35F4N7O4/c1-4-18-17-41(30(44)20-8-11-25(45-3)40-27(20)31(33,34)35)13-14-42(18)24-10-9-22(19-7-6-12-37-29(19)46-5-2)38-26(24)28(43)39-23-16-36-15-21(23)32/h6-12,18,21,23,36H,4-5,13-17H2,1-3H3,(H,39,43)/t18-,21-,23-/m1/s1. The molecule has 0 aromatic carbocycles. The van der Waals surface area contributed by atoms with E-state index in [0.29, 0.717) is 35.9 Å². The number of anilines is 1. The SMILES string of the molecule is CCOc1ncccc1-c1ccc(N2CCN(C(=O)c3ccc(OC)nc3C(F)(F)F)C[C@H]2CC)c(C(=O)N[C@@H]2CNC[C@H]2F)n1. The number of alkyl halides is 4. The van der Waals surface area contributed by atoms with E-state index in [2.05, 4.69) is 20.6 Å². The molecule has 46 heavy (non-hydrogen) atoms. The van der Waals surface area contributed by atoms with Crippen LogP contribution in [-0.4, -0.2) is 96.4 Å². The third-order valence-electron chi connectivity index (χ3n) is 8.00. The molecule has 0 unspecified atom stereocenters. The molecule has 3 atom stereocenters. The Labute approximate surface area is 263 Å². The molecule has 246 valence electrons. The van der Waals surface area contributed by atoms with Gasteiger partial charge in [0.2, 0.25) is 11.8 Å². The lowest BCUT2D eigenvalue weighted by Crippen LogP contribution is -2.55. The highest BCUT2D eigenvalue weighted by atomic mass is 19.4. The molecular formula is C31H35F4N7O4. The van der Waals surface area contributed by atoms with Gasteiger partial charge in [-0.05, 0) is 43.7 Å². The van der Waals surface area contributed by atoms with Crippen molar-refractivity contribution in [2.45, 2.75) is 44.7 Å². The average Bonchev–Trinajstić information content (AvgIpc) is 3.47. The molecular weight excluding hydrogens is 610 g/mol. The van der Waals surface area contributed by atoms with Crippen molar-refractivity contribution in [2.75, 3.05) is 51.3 Å². The van der Waals surface area contributed by atoms with E-state index in [1.54, 1.807) is 30.5 Å². The molecule has 0 saturated carbocycles. The van der Waals surface area contributed by atoms with Crippen molar-refractivity contribution in [2.24, 2.45) is 0 Å².